The van der Waals surface area contributed by atoms with Gasteiger partial charge in [-0.05, 0) is 43.9 Å². The number of benzene rings is 2. The van der Waals surface area contributed by atoms with Gasteiger partial charge in [-0.3, -0.25) is 14.4 Å². The molecule has 0 bridgehead atoms. The zero-order valence-electron chi connectivity index (χ0n) is 19.7. The first-order chi connectivity index (χ1) is 16.2. The lowest BCUT2D eigenvalue weighted by Gasteiger charge is -2.32. The molecule has 2 aromatic rings. The molecule has 0 aromatic heterocycles. The standard InChI is InChI=1S/C25H31N3O5S/c1-4-18(3)26-24(30)21(5-2)27(16-15-19-11-7-6-8-12-19)23(29)17-28-25(31)20-13-9-10-14-22(20)34(28,32)33/h6-14,18,21H,4-5,15-17H2,1-3H3,(H,26,30). The van der Waals surface area contributed by atoms with Crippen molar-refractivity contribution in [3.8, 4) is 0 Å². The number of carbonyl (C=O) groups excluding carboxylic acids is 3. The fraction of sp³-hybridized carbons (Fsp3) is 0.400. The molecule has 1 N–H and O–H groups in total. The van der Waals surface area contributed by atoms with E-state index in [2.05, 4.69) is 5.32 Å². The van der Waals surface area contributed by atoms with E-state index in [9.17, 15) is 22.8 Å². The van der Waals surface area contributed by atoms with Crippen molar-refractivity contribution in [2.45, 2.75) is 57.0 Å². The highest BCUT2D eigenvalue weighted by Crippen LogP contribution is 2.30. The summed E-state index contributed by atoms with van der Waals surface area (Å²) in [5.41, 5.74) is 1.03. The highest BCUT2D eigenvalue weighted by Gasteiger charge is 2.43. The van der Waals surface area contributed by atoms with Crippen molar-refractivity contribution < 1.29 is 22.8 Å². The second-order valence-corrected chi connectivity index (χ2v) is 10.2. The second kappa shape index (κ2) is 10.8. The number of carbonyl (C=O) groups is 3. The Balaban J connectivity index is 1.86. The van der Waals surface area contributed by atoms with Gasteiger partial charge in [-0.1, -0.05) is 56.3 Å². The molecule has 0 radical (unpaired) electrons. The number of nitrogens with zero attached hydrogens (tertiary/aromatic N) is 2. The molecule has 1 aliphatic heterocycles. The van der Waals surface area contributed by atoms with Crippen molar-refractivity contribution in [2.24, 2.45) is 0 Å². The normalized spacial score (nSPS) is 16.0. The Labute approximate surface area is 201 Å². The van der Waals surface area contributed by atoms with Gasteiger partial charge in [0.2, 0.25) is 11.8 Å². The minimum Gasteiger partial charge on any atom is -0.352 e. The molecule has 1 heterocycles. The van der Waals surface area contributed by atoms with Gasteiger partial charge >= 0.3 is 0 Å². The summed E-state index contributed by atoms with van der Waals surface area (Å²) >= 11 is 0. The van der Waals surface area contributed by atoms with Crippen LogP contribution < -0.4 is 5.32 Å². The Kier molecular flexibility index (Phi) is 8.09. The first-order valence-corrected chi connectivity index (χ1v) is 12.9. The van der Waals surface area contributed by atoms with Crippen molar-refractivity contribution >= 4 is 27.7 Å². The molecule has 9 heteroatoms. The molecule has 182 valence electrons. The average molecular weight is 486 g/mol. The van der Waals surface area contributed by atoms with E-state index in [0.29, 0.717) is 17.1 Å². The summed E-state index contributed by atoms with van der Waals surface area (Å²) < 4.78 is 26.5. The molecule has 0 fully saturated rings. The van der Waals surface area contributed by atoms with Crippen LogP contribution in [0.3, 0.4) is 0 Å². The average Bonchev–Trinajstić information content (AvgIpc) is 3.02. The Bertz CT molecular complexity index is 1150. The van der Waals surface area contributed by atoms with E-state index in [1.54, 1.807) is 13.0 Å². The van der Waals surface area contributed by atoms with E-state index < -0.39 is 34.4 Å². The van der Waals surface area contributed by atoms with Gasteiger partial charge < -0.3 is 10.2 Å². The van der Waals surface area contributed by atoms with Crippen LogP contribution in [0.2, 0.25) is 0 Å². The van der Waals surface area contributed by atoms with Crippen molar-refractivity contribution in [3.63, 3.8) is 0 Å². The van der Waals surface area contributed by atoms with Crippen LogP contribution in [0.4, 0.5) is 0 Å². The summed E-state index contributed by atoms with van der Waals surface area (Å²) in [6.45, 7) is 5.19. The topological polar surface area (TPSA) is 104 Å². The molecule has 34 heavy (non-hydrogen) atoms. The highest BCUT2D eigenvalue weighted by atomic mass is 32.2. The molecule has 0 saturated carbocycles. The summed E-state index contributed by atoms with van der Waals surface area (Å²) in [6, 6.07) is 14.6. The van der Waals surface area contributed by atoms with Crippen molar-refractivity contribution in [1.29, 1.82) is 0 Å². The molecular formula is C25H31N3O5S. The fourth-order valence-electron chi connectivity index (χ4n) is 3.94. The van der Waals surface area contributed by atoms with E-state index in [1.165, 1.54) is 23.1 Å². The lowest BCUT2D eigenvalue weighted by atomic mass is 10.1. The summed E-state index contributed by atoms with van der Waals surface area (Å²) in [6.07, 6.45) is 1.57. The predicted octanol–water partition coefficient (Wildman–Crippen LogP) is 2.60. The fourth-order valence-corrected chi connectivity index (χ4v) is 5.46. The largest absolute Gasteiger partial charge is 0.352 e. The Morgan fingerprint density at radius 2 is 1.65 bits per heavy atom. The highest BCUT2D eigenvalue weighted by molar-refractivity contribution is 7.90. The minimum atomic E-state index is -4.13. The van der Waals surface area contributed by atoms with Crippen LogP contribution in [0.25, 0.3) is 0 Å². The number of nitrogens with one attached hydrogen (secondary N) is 1. The van der Waals surface area contributed by atoms with E-state index in [4.69, 9.17) is 0 Å². The Hall–Kier alpha value is -3.20. The SMILES string of the molecule is CCC(C)NC(=O)C(CC)N(CCc1ccccc1)C(=O)CN1C(=O)c2ccccc2S1(=O)=O. The first kappa shape index (κ1) is 25.4. The summed E-state index contributed by atoms with van der Waals surface area (Å²) in [5, 5.41) is 2.92. The molecule has 0 spiro atoms. The van der Waals surface area contributed by atoms with Crippen molar-refractivity contribution in [3.05, 3.63) is 65.7 Å². The summed E-state index contributed by atoms with van der Waals surface area (Å²) in [5.74, 6) is -1.62. The van der Waals surface area contributed by atoms with Crippen LogP contribution >= 0.6 is 0 Å². The second-order valence-electron chi connectivity index (χ2n) is 8.38. The zero-order chi connectivity index (χ0) is 24.9. The molecule has 0 saturated heterocycles. The first-order valence-electron chi connectivity index (χ1n) is 11.5. The van der Waals surface area contributed by atoms with Gasteiger partial charge in [-0.15, -0.1) is 0 Å². The van der Waals surface area contributed by atoms with E-state index in [1.807, 2.05) is 44.2 Å². The number of fused-ring (bicyclic) bond motifs is 1. The van der Waals surface area contributed by atoms with Gasteiger partial charge in [0.05, 0.1) is 5.56 Å². The molecule has 2 unspecified atom stereocenters. The molecule has 8 nitrogen and oxygen atoms in total. The minimum absolute atomic E-state index is 0.0488. The molecule has 2 atom stereocenters. The summed E-state index contributed by atoms with van der Waals surface area (Å²) in [7, 11) is -4.13. The lowest BCUT2D eigenvalue weighted by Crippen LogP contribution is -2.54. The molecule has 0 aliphatic carbocycles. The van der Waals surface area contributed by atoms with Crippen molar-refractivity contribution in [1.82, 2.24) is 14.5 Å². The quantitative estimate of drug-likeness (QED) is 0.557. The number of hydrogen-bond acceptors (Lipinski definition) is 5. The summed E-state index contributed by atoms with van der Waals surface area (Å²) in [4.78, 5) is 40.6. The maximum Gasteiger partial charge on any atom is 0.269 e. The van der Waals surface area contributed by atoms with E-state index in [0.717, 1.165) is 12.0 Å². The third-order valence-electron chi connectivity index (χ3n) is 6.06. The van der Waals surface area contributed by atoms with Gasteiger partial charge in [-0.25, -0.2) is 12.7 Å². The number of rotatable bonds is 10. The van der Waals surface area contributed by atoms with Gasteiger partial charge in [-0.2, -0.15) is 0 Å². The van der Waals surface area contributed by atoms with Crippen LogP contribution in [-0.4, -0.2) is 60.5 Å². The Morgan fingerprint density at radius 1 is 1.00 bits per heavy atom. The molecule has 3 amide bonds. The van der Waals surface area contributed by atoms with Crippen LogP contribution in [-0.2, 0) is 26.0 Å². The molecular weight excluding hydrogens is 454 g/mol. The van der Waals surface area contributed by atoms with Crippen LogP contribution in [0.15, 0.2) is 59.5 Å². The van der Waals surface area contributed by atoms with Gasteiger partial charge in [0.25, 0.3) is 15.9 Å². The predicted molar refractivity (Wildman–Crippen MR) is 128 cm³/mol. The van der Waals surface area contributed by atoms with Gasteiger partial charge in [0, 0.05) is 12.6 Å². The van der Waals surface area contributed by atoms with Crippen LogP contribution in [0.5, 0.6) is 0 Å². The maximum atomic E-state index is 13.5. The van der Waals surface area contributed by atoms with Crippen molar-refractivity contribution in [2.75, 3.05) is 13.1 Å². The maximum absolute atomic E-state index is 13.5. The molecule has 2 aromatic carbocycles. The van der Waals surface area contributed by atoms with Crippen LogP contribution in [0.1, 0.15) is 49.5 Å². The van der Waals surface area contributed by atoms with E-state index >= 15 is 0 Å². The van der Waals surface area contributed by atoms with Gasteiger partial charge in [0.1, 0.15) is 17.5 Å². The number of amides is 3. The smallest absolute Gasteiger partial charge is 0.269 e. The Morgan fingerprint density at radius 3 is 2.26 bits per heavy atom. The molecule has 3 rings (SSSR count). The zero-order valence-corrected chi connectivity index (χ0v) is 20.5. The van der Waals surface area contributed by atoms with E-state index in [-0.39, 0.29) is 29.0 Å². The monoisotopic (exact) mass is 485 g/mol. The number of hydrogen-bond donors (Lipinski definition) is 1. The third kappa shape index (κ3) is 5.30. The van der Waals surface area contributed by atoms with Gasteiger partial charge in [0.15, 0.2) is 0 Å². The lowest BCUT2D eigenvalue weighted by molar-refractivity contribution is -0.140. The third-order valence-corrected chi connectivity index (χ3v) is 7.85. The van der Waals surface area contributed by atoms with Crippen LogP contribution in [0, 0.1) is 0 Å². The molecule has 1 aliphatic rings. The number of sulfonamides is 1.